The van der Waals surface area contributed by atoms with Crippen LogP contribution in [0.25, 0.3) is 6.08 Å². The monoisotopic (exact) mass is 454 g/mol. The third kappa shape index (κ3) is 5.66. The van der Waals surface area contributed by atoms with Crippen molar-refractivity contribution in [2.45, 2.75) is 0 Å². The molecule has 1 heterocycles. The first kappa shape index (κ1) is 17.9. The van der Waals surface area contributed by atoms with Crippen molar-refractivity contribution in [1.82, 2.24) is 10.3 Å². The number of pyridine rings is 1. The Kier molecular flexibility index (Phi) is 6.32. The van der Waals surface area contributed by atoms with E-state index in [-0.39, 0.29) is 10.8 Å². The summed E-state index contributed by atoms with van der Waals surface area (Å²) < 4.78 is 0.980. The van der Waals surface area contributed by atoms with Gasteiger partial charge in [0.2, 0.25) is 5.91 Å². The van der Waals surface area contributed by atoms with Crippen LogP contribution in [0.15, 0.2) is 48.7 Å². The van der Waals surface area contributed by atoms with Crippen LogP contribution in [0.1, 0.15) is 5.56 Å². The molecule has 0 saturated carbocycles. The maximum absolute atomic E-state index is 11.8. The minimum absolute atomic E-state index is 0.0421. The fourth-order valence-electron chi connectivity index (χ4n) is 1.66. The molecule has 2 rings (SSSR count). The Morgan fingerprint density at radius 1 is 1.33 bits per heavy atom. The highest BCUT2D eigenvalue weighted by atomic mass is 127. The fourth-order valence-corrected chi connectivity index (χ4v) is 2.19. The molecule has 0 aliphatic rings. The van der Waals surface area contributed by atoms with Crippen molar-refractivity contribution >= 4 is 63.4 Å². The number of nitro benzene ring substituents is 1. The zero-order chi connectivity index (χ0) is 17.5. The Morgan fingerprint density at radius 2 is 2.12 bits per heavy atom. The minimum Gasteiger partial charge on any atom is -0.317 e. The molecule has 0 saturated heterocycles. The molecule has 0 bridgehead atoms. The number of hydrogen-bond acceptors (Lipinski definition) is 5. The van der Waals surface area contributed by atoms with Gasteiger partial charge in [0.15, 0.2) is 5.11 Å². The largest absolute Gasteiger partial charge is 0.317 e. The molecule has 1 amide bonds. The molecule has 0 atom stereocenters. The van der Waals surface area contributed by atoms with Crippen LogP contribution in [0.5, 0.6) is 0 Å². The quantitative estimate of drug-likeness (QED) is 0.242. The van der Waals surface area contributed by atoms with Crippen LogP contribution in [0, 0.1) is 13.7 Å². The number of hydrogen-bond donors (Lipinski definition) is 2. The van der Waals surface area contributed by atoms with E-state index in [9.17, 15) is 14.9 Å². The summed E-state index contributed by atoms with van der Waals surface area (Å²) in [5.74, 6) is 0.0629. The van der Waals surface area contributed by atoms with E-state index in [4.69, 9.17) is 12.2 Å². The Morgan fingerprint density at radius 3 is 2.79 bits per heavy atom. The van der Waals surface area contributed by atoms with Crippen LogP contribution in [0.2, 0.25) is 0 Å². The topological polar surface area (TPSA) is 97.2 Å². The molecular formula is C15H11IN4O3S. The molecular weight excluding hydrogens is 443 g/mol. The molecule has 0 aliphatic heterocycles. The number of halogens is 1. The molecule has 1 aromatic heterocycles. The Hall–Kier alpha value is -2.40. The molecule has 9 heteroatoms. The third-order valence-electron chi connectivity index (χ3n) is 2.71. The number of aromatic nitrogens is 1. The summed E-state index contributed by atoms with van der Waals surface area (Å²) >= 11 is 7.15. The summed E-state index contributed by atoms with van der Waals surface area (Å²) in [5, 5.41) is 16.1. The Balaban J connectivity index is 1.92. The number of carbonyl (C=O) groups is 1. The van der Waals surface area contributed by atoms with Gasteiger partial charge in [0.1, 0.15) is 5.82 Å². The number of amides is 1. The summed E-state index contributed by atoms with van der Waals surface area (Å²) in [5.41, 5.74) is 0.497. The summed E-state index contributed by atoms with van der Waals surface area (Å²) in [4.78, 5) is 26.1. The van der Waals surface area contributed by atoms with Crippen molar-refractivity contribution < 1.29 is 9.72 Å². The van der Waals surface area contributed by atoms with Crippen LogP contribution in [-0.2, 0) is 4.79 Å². The number of nitrogens with zero attached hydrogens (tertiary/aromatic N) is 2. The summed E-state index contributed by atoms with van der Waals surface area (Å²) in [6.07, 6.45) is 4.37. The van der Waals surface area contributed by atoms with Gasteiger partial charge >= 0.3 is 0 Å². The van der Waals surface area contributed by atoms with Gasteiger partial charge in [-0.15, -0.1) is 0 Å². The lowest BCUT2D eigenvalue weighted by Crippen LogP contribution is -2.33. The van der Waals surface area contributed by atoms with Crippen molar-refractivity contribution in [2.75, 3.05) is 5.32 Å². The van der Waals surface area contributed by atoms with Crippen molar-refractivity contribution in [3.8, 4) is 0 Å². The number of anilines is 1. The van der Waals surface area contributed by atoms with E-state index in [1.807, 2.05) is 6.07 Å². The first-order valence-corrected chi connectivity index (χ1v) is 8.09. The highest BCUT2D eigenvalue weighted by Crippen LogP contribution is 2.14. The van der Waals surface area contributed by atoms with Crippen LogP contribution in [-0.4, -0.2) is 20.9 Å². The molecule has 7 nitrogen and oxygen atoms in total. The van der Waals surface area contributed by atoms with Gasteiger partial charge in [-0.05, 0) is 58.6 Å². The van der Waals surface area contributed by atoms with Crippen molar-refractivity contribution in [3.05, 3.63) is 67.9 Å². The van der Waals surface area contributed by atoms with Crippen molar-refractivity contribution in [3.63, 3.8) is 0 Å². The zero-order valence-corrected chi connectivity index (χ0v) is 15.1. The lowest BCUT2D eigenvalue weighted by atomic mass is 10.2. The van der Waals surface area contributed by atoms with Gasteiger partial charge in [-0.2, -0.15) is 0 Å². The number of rotatable bonds is 4. The number of non-ortho nitro benzene ring substituents is 1. The minimum atomic E-state index is -0.496. The second kappa shape index (κ2) is 8.45. The van der Waals surface area contributed by atoms with E-state index >= 15 is 0 Å². The number of thiocarbonyl (C=S) groups is 1. The van der Waals surface area contributed by atoms with Gasteiger partial charge < -0.3 is 5.32 Å². The summed E-state index contributed by atoms with van der Waals surface area (Å²) in [6, 6.07) is 9.54. The summed E-state index contributed by atoms with van der Waals surface area (Å²) in [6.45, 7) is 0. The maximum Gasteiger partial charge on any atom is 0.270 e. The number of nitrogens with one attached hydrogen (secondary N) is 2. The molecule has 0 aliphatic carbocycles. The van der Waals surface area contributed by atoms with Crippen LogP contribution in [0.4, 0.5) is 11.5 Å². The average Bonchev–Trinajstić information content (AvgIpc) is 2.55. The van der Waals surface area contributed by atoms with Gasteiger partial charge in [0.25, 0.3) is 5.69 Å². The SMILES string of the molecule is O=C(/C=C/c1cccc([N+](=O)[O-])c1)NC(=S)Nc1ccc(I)cn1. The molecule has 0 fully saturated rings. The predicted octanol–water partition coefficient (Wildman–Crippen LogP) is 3.12. The molecule has 1 aromatic carbocycles. The van der Waals surface area contributed by atoms with E-state index in [0.717, 1.165) is 3.57 Å². The van der Waals surface area contributed by atoms with Crippen LogP contribution >= 0.6 is 34.8 Å². The first-order chi connectivity index (χ1) is 11.4. The van der Waals surface area contributed by atoms with Gasteiger partial charge in [0.05, 0.1) is 4.92 Å². The Bertz CT molecular complexity index is 809. The maximum atomic E-state index is 11.8. The standard InChI is InChI=1S/C15H11IN4O3S/c16-11-5-6-13(17-9-11)18-15(24)19-14(21)7-4-10-2-1-3-12(8-10)20(22)23/h1-9H,(H2,17,18,19,21,24)/b7-4+. The highest BCUT2D eigenvalue weighted by molar-refractivity contribution is 14.1. The second-order valence-corrected chi connectivity index (χ2v) is 6.14. The van der Waals surface area contributed by atoms with Gasteiger partial charge in [0, 0.05) is 28.0 Å². The van der Waals surface area contributed by atoms with E-state index in [0.29, 0.717) is 11.4 Å². The number of benzene rings is 1. The molecule has 0 spiro atoms. The zero-order valence-electron chi connectivity index (χ0n) is 12.1. The molecule has 0 radical (unpaired) electrons. The van der Waals surface area contributed by atoms with Gasteiger partial charge in [-0.25, -0.2) is 4.98 Å². The molecule has 2 N–H and O–H groups in total. The first-order valence-electron chi connectivity index (χ1n) is 6.60. The lowest BCUT2D eigenvalue weighted by Gasteiger charge is -2.07. The molecule has 0 unspecified atom stereocenters. The smallest absolute Gasteiger partial charge is 0.270 e. The number of nitro groups is 1. The van der Waals surface area contributed by atoms with Gasteiger partial charge in [-0.1, -0.05) is 12.1 Å². The molecule has 122 valence electrons. The van der Waals surface area contributed by atoms with Crippen LogP contribution in [0.3, 0.4) is 0 Å². The van der Waals surface area contributed by atoms with E-state index in [1.54, 1.807) is 24.4 Å². The van der Waals surface area contributed by atoms with E-state index in [1.165, 1.54) is 24.3 Å². The Labute approximate surface area is 156 Å². The fraction of sp³-hybridized carbons (Fsp3) is 0. The summed E-state index contributed by atoms with van der Waals surface area (Å²) in [7, 11) is 0. The van der Waals surface area contributed by atoms with Crippen LogP contribution < -0.4 is 10.6 Å². The molecule has 2 aromatic rings. The van der Waals surface area contributed by atoms with Gasteiger partial charge in [-0.3, -0.25) is 20.2 Å². The van der Waals surface area contributed by atoms with E-state index in [2.05, 4.69) is 38.2 Å². The van der Waals surface area contributed by atoms with Crippen molar-refractivity contribution in [2.24, 2.45) is 0 Å². The number of carbonyl (C=O) groups excluding carboxylic acids is 1. The second-order valence-electron chi connectivity index (χ2n) is 4.49. The van der Waals surface area contributed by atoms with E-state index < -0.39 is 10.8 Å². The highest BCUT2D eigenvalue weighted by Gasteiger charge is 2.05. The predicted molar refractivity (Wildman–Crippen MR) is 103 cm³/mol. The molecule has 24 heavy (non-hydrogen) atoms. The average molecular weight is 454 g/mol. The lowest BCUT2D eigenvalue weighted by molar-refractivity contribution is -0.384. The third-order valence-corrected chi connectivity index (χ3v) is 3.56. The van der Waals surface area contributed by atoms with Crippen molar-refractivity contribution in [1.29, 1.82) is 0 Å². The normalized spacial score (nSPS) is 10.4.